The number of amides is 1. The van der Waals surface area contributed by atoms with Gasteiger partial charge in [0.05, 0.1) is 12.2 Å². The maximum atomic E-state index is 12.8. The smallest absolute Gasteiger partial charge is 0.253 e. The van der Waals surface area contributed by atoms with Crippen LogP contribution in [0.2, 0.25) is 0 Å². The highest BCUT2D eigenvalue weighted by atomic mass is 16.2. The lowest BCUT2D eigenvalue weighted by Crippen LogP contribution is -2.38. The molecule has 2 aliphatic heterocycles. The van der Waals surface area contributed by atoms with Crippen LogP contribution < -0.4 is 4.90 Å². The van der Waals surface area contributed by atoms with E-state index in [1.54, 1.807) is 0 Å². The maximum absolute atomic E-state index is 12.8. The molecular weight excluding hydrogens is 398 g/mol. The fourth-order valence-electron chi connectivity index (χ4n) is 4.84. The number of likely N-dealkylation sites (tertiary alicyclic amines) is 1. The van der Waals surface area contributed by atoms with Crippen LogP contribution in [0.25, 0.3) is 0 Å². The molecule has 1 saturated heterocycles. The molecule has 32 heavy (non-hydrogen) atoms. The molecule has 6 nitrogen and oxygen atoms in total. The Kier molecular flexibility index (Phi) is 5.84. The van der Waals surface area contributed by atoms with Gasteiger partial charge < -0.3 is 9.80 Å². The second kappa shape index (κ2) is 9.07. The maximum Gasteiger partial charge on any atom is 0.253 e. The first-order chi connectivity index (χ1) is 15.7. The third-order valence-corrected chi connectivity index (χ3v) is 6.61. The van der Waals surface area contributed by atoms with Gasteiger partial charge in [0, 0.05) is 48.6 Å². The van der Waals surface area contributed by atoms with E-state index in [1.807, 2.05) is 53.6 Å². The van der Waals surface area contributed by atoms with Crippen LogP contribution in [0.1, 0.15) is 58.3 Å². The van der Waals surface area contributed by atoms with Gasteiger partial charge in [0.2, 0.25) is 0 Å². The summed E-state index contributed by atoms with van der Waals surface area (Å²) >= 11 is 0. The van der Waals surface area contributed by atoms with Crippen LogP contribution in [0.3, 0.4) is 0 Å². The average molecular weight is 428 g/mol. The van der Waals surface area contributed by atoms with Crippen LogP contribution in [0.5, 0.6) is 0 Å². The Morgan fingerprint density at radius 1 is 1.00 bits per heavy atom. The number of hydrogen-bond acceptors (Lipinski definition) is 5. The van der Waals surface area contributed by atoms with Crippen molar-refractivity contribution in [2.45, 2.75) is 45.1 Å². The van der Waals surface area contributed by atoms with Gasteiger partial charge in [-0.25, -0.2) is 9.97 Å². The normalized spacial score (nSPS) is 16.7. The summed E-state index contributed by atoms with van der Waals surface area (Å²) in [5, 5.41) is 0. The number of rotatable bonds is 4. The Labute approximate surface area is 189 Å². The van der Waals surface area contributed by atoms with E-state index in [9.17, 15) is 4.79 Å². The summed E-state index contributed by atoms with van der Waals surface area (Å²) in [7, 11) is 0. The van der Waals surface area contributed by atoms with Crippen molar-refractivity contribution in [1.29, 1.82) is 0 Å². The van der Waals surface area contributed by atoms with Gasteiger partial charge in [-0.15, -0.1) is 0 Å². The number of aromatic nitrogens is 3. The molecule has 0 spiro atoms. The van der Waals surface area contributed by atoms with E-state index < -0.39 is 0 Å². The number of anilines is 1. The van der Waals surface area contributed by atoms with Gasteiger partial charge in [0.25, 0.3) is 5.91 Å². The number of hydrogen-bond donors (Lipinski definition) is 0. The number of aryl methyl sites for hydroxylation is 1. The summed E-state index contributed by atoms with van der Waals surface area (Å²) < 4.78 is 0. The standard InChI is InChI=1S/C26H29N5O/c1-19-23-11-7-15-31(18-22-10-5-6-14-27-22)25(23)29-24(28-19)20-12-16-30(17-13-20)26(32)21-8-3-2-4-9-21/h2-6,8-10,14,20H,7,11-13,15-18H2,1H3. The van der Waals surface area contributed by atoms with Crippen molar-refractivity contribution < 1.29 is 4.79 Å². The Hall–Kier alpha value is -3.28. The van der Waals surface area contributed by atoms with Crippen molar-refractivity contribution in [1.82, 2.24) is 19.9 Å². The molecular formula is C26H29N5O. The summed E-state index contributed by atoms with van der Waals surface area (Å²) in [6.45, 7) is 5.37. The Morgan fingerprint density at radius 2 is 1.78 bits per heavy atom. The highest BCUT2D eigenvalue weighted by Gasteiger charge is 2.29. The van der Waals surface area contributed by atoms with Crippen molar-refractivity contribution in [2.75, 3.05) is 24.5 Å². The van der Waals surface area contributed by atoms with E-state index in [0.717, 1.165) is 80.5 Å². The SMILES string of the molecule is Cc1nc(C2CCN(C(=O)c3ccccc3)CC2)nc2c1CCCN2Cc1ccccn1. The van der Waals surface area contributed by atoms with Crippen LogP contribution in [0.15, 0.2) is 54.7 Å². The average Bonchev–Trinajstić information content (AvgIpc) is 2.85. The van der Waals surface area contributed by atoms with Crippen molar-refractivity contribution >= 4 is 11.7 Å². The van der Waals surface area contributed by atoms with E-state index in [-0.39, 0.29) is 11.8 Å². The van der Waals surface area contributed by atoms with E-state index in [4.69, 9.17) is 9.97 Å². The minimum atomic E-state index is 0.119. The molecule has 0 bridgehead atoms. The molecule has 6 heteroatoms. The highest BCUT2D eigenvalue weighted by Crippen LogP contribution is 2.33. The zero-order chi connectivity index (χ0) is 21.9. The highest BCUT2D eigenvalue weighted by molar-refractivity contribution is 5.94. The number of benzene rings is 1. The summed E-state index contributed by atoms with van der Waals surface area (Å²) in [4.78, 5) is 31.6. The number of carbonyl (C=O) groups excluding carboxylic acids is 1. The quantitative estimate of drug-likeness (QED) is 0.626. The molecule has 1 amide bonds. The second-order valence-electron chi connectivity index (χ2n) is 8.75. The lowest BCUT2D eigenvalue weighted by molar-refractivity contribution is 0.0711. The summed E-state index contributed by atoms with van der Waals surface area (Å²) in [5.74, 6) is 2.42. The van der Waals surface area contributed by atoms with Gasteiger partial charge in [-0.05, 0) is 56.9 Å². The zero-order valence-electron chi connectivity index (χ0n) is 18.6. The topological polar surface area (TPSA) is 62.2 Å². The van der Waals surface area contributed by atoms with Crippen molar-refractivity contribution in [3.63, 3.8) is 0 Å². The Bertz CT molecular complexity index is 1080. The zero-order valence-corrected chi connectivity index (χ0v) is 18.6. The molecule has 0 N–H and O–H groups in total. The fourth-order valence-corrected chi connectivity index (χ4v) is 4.84. The molecule has 5 rings (SSSR count). The first-order valence-corrected chi connectivity index (χ1v) is 11.6. The molecule has 0 unspecified atom stereocenters. The van der Waals surface area contributed by atoms with E-state index in [2.05, 4.69) is 22.9 Å². The molecule has 1 fully saturated rings. The van der Waals surface area contributed by atoms with Crippen LogP contribution >= 0.6 is 0 Å². The van der Waals surface area contributed by atoms with E-state index >= 15 is 0 Å². The van der Waals surface area contributed by atoms with Gasteiger partial charge in [0.15, 0.2) is 0 Å². The summed E-state index contributed by atoms with van der Waals surface area (Å²) in [6, 6.07) is 15.6. The molecule has 4 heterocycles. The second-order valence-corrected chi connectivity index (χ2v) is 8.75. The van der Waals surface area contributed by atoms with Crippen LogP contribution in [-0.2, 0) is 13.0 Å². The number of pyridine rings is 1. The number of piperidine rings is 1. The number of fused-ring (bicyclic) bond motifs is 1. The molecule has 0 atom stereocenters. The number of carbonyl (C=O) groups is 1. The van der Waals surface area contributed by atoms with E-state index in [0.29, 0.717) is 0 Å². The molecule has 3 aromatic rings. The molecule has 164 valence electrons. The van der Waals surface area contributed by atoms with Crippen LogP contribution in [0, 0.1) is 6.92 Å². The molecule has 2 aromatic heterocycles. The van der Waals surface area contributed by atoms with Gasteiger partial charge in [0.1, 0.15) is 11.6 Å². The first kappa shape index (κ1) is 20.6. The summed E-state index contributed by atoms with van der Waals surface area (Å²) in [6.07, 6.45) is 5.79. The molecule has 0 radical (unpaired) electrons. The minimum absolute atomic E-state index is 0.119. The van der Waals surface area contributed by atoms with Crippen molar-refractivity contribution in [3.8, 4) is 0 Å². The van der Waals surface area contributed by atoms with Crippen LogP contribution in [0.4, 0.5) is 5.82 Å². The third kappa shape index (κ3) is 4.22. The Morgan fingerprint density at radius 3 is 2.53 bits per heavy atom. The van der Waals surface area contributed by atoms with Crippen molar-refractivity contribution in [2.24, 2.45) is 0 Å². The predicted molar refractivity (Wildman–Crippen MR) is 125 cm³/mol. The third-order valence-electron chi connectivity index (χ3n) is 6.61. The largest absolute Gasteiger partial charge is 0.350 e. The van der Waals surface area contributed by atoms with Gasteiger partial charge in [-0.2, -0.15) is 0 Å². The van der Waals surface area contributed by atoms with Crippen LogP contribution in [-0.4, -0.2) is 45.4 Å². The number of nitrogens with zero attached hydrogens (tertiary/aromatic N) is 5. The van der Waals surface area contributed by atoms with E-state index in [1.165, 1.54) is 5.56 Å². The monoisotopic (exact) mass is 427 g/mol. The first-order valence-electron chi connectivity index (χ1n) is 11.6. The van der Waals surface area contributed by atoms with Crippen molar-refractivity contribution in [3.05, 3.63) is 83.1 Å². The van der Waals surface area contributed by atoms with Gasteiger partial charge in [-0.1, -0.05) is 24.3 Å². The Balaban J connectivity index is 1.32. The molecule has 1 aromatic carbocycles. The van der Waals surface area contributed by atoms with Gasteiger partial charge in [-0.3, -0.25) is 9.78 Å². The molecule has 0 aliphatic carbocycles. The lowest BCUT2D eigenvalue weighted by atomic mass is 9.94. The fraction of sp³-hybridized carbons (Fsp3) is 0.385. The minimum Gasteiger partial charge on any atom is -0.350 e. The predicted octanol–water partition coefficient (Wildman–Crippen LogP) is 4.15. The van der Waals surface area contributed by atoms with Gasteiger partial charge >= 0.3 is 0 Å². The lowest BCUT2D eigenvalue weighted by Gasteiger charge is -2.34. The molecule has 2 aliphatic rings. The molecule has 0 saturated carbocycles. The summed E-state index contributed by atoms with van der Waals surface area (Å²) in [5.41, 5.74) is 4.19.